The van der Waals surface area contributed by atoms with Gasteiger partial charge in [0.05, 0.1) is 14.2 Å². The number of hydrogen-bond acceptors (Lipinski definition) is 3. The van der Waals surface area contributed by atoms with E-state index in [4.69, 9.17) is 9.47 Å². The molecule has 1 aliphatic heterocycles. The van der Waals surface area contributed by atoms with Gasteiger partial charge in [0.25, 0.3) is 0 Å². The molecule has 0 saturated carbocycles. The van der Waals surface area contributed by atoms with E-state index in [9.17, 15) is 0 Å². The van der Waals surface area contributed by atoms with Crippen molar-refractivity contribution < 1.29 is 9.47 Å². The molecule has 3 heteroatoms. The lowest BCUT2D eigenvalue weighted by atomic mass is 10.00. The normalized spacial score (nSPS) is 13.8. The molecular formula is C18H21NO2. The molecule has 0 amide bonds. The quantitative estimate of drug-likeness (QED) is 0.846. The summed E-state index contributed by atoms with van der Waals surface area (Å²) in [6, 6.07) is 12.9. The third-order valence-electron chi connectivity index (χ3n) is 4.05. The Morgan fingerprint density at radius 1 is 0.952 bits per heavy atom. The molecule has 0 aromatic heterocycles. The Kier molecular flexibility index (Phi) is 3.74. The van der Waals surface area contributed by atoms with Crippen molar-refractivity contribution >= 4 is 11.4 Å². The number of aryl methyl sites for hydroxylation is 2. The number of anilines is 2. The standard InChI is InChI=1S/C18H21NO2/c1-13-6-8-15(9-7-13)19-10-4-5-14-11-17(20-2)18(21-3)12-16(14)19/h6-9,11-12H,4-5,10H2,1-3H3. The van der Waals surface area contributed by atoms with Gasteiger partial charge in [0, 0.05) is 24.0 Å². The SMILES string of the molecule is COc1cc2c(cc1OC)N(c1ccc(C)cc1)CCC2. The summed E-state index contributed by atoms with van der Waals surface area (Å²) in [5.74, 6) is 1.59. The molecule has 0 saturated heterocycles. The highest BCUT2D eigenvalue weighted by molar-refractivity contribution is 5.71. The second-order valence-corrected chi connectivity index (χ2v) is 5.43. The lowest BCUT2D eigenvalue weighted by Crippen LogP contribution is -2.24. The Labute approximate surface area is 126 Å². The molecule has 2 aromatic carbocycles. The van der Waals surface area contributed by atoms with Crippen LogP contribution in [0.4, 0.5) is 11.4 Å². The summed E-state index contributed by atoms with van der Waals surface area (Å²) in [4.78, 5) is 2.36. The van der Waals surface area contributed by atoms with Crippen LogP contribution < -0.4 is 14.4 Å². The Hall–Kier alpha value is -2.16. The molecule has 3 rings (SSSR count). The van der Waals surface area contributed by atoms with Crippen molar-refractivity contribution in [2.45, 2.75) is 19.8 Å². The average Bonchev–Trinajstić information content (AvgIpc) is 2.53. The van der Waals surface area contributed by atoms with E-state index in [1.54, 1.807) is 14.2 Å². The lowest BCUT2D eigenvalue weighted by molar-refractivity contribution is 0.354. The second-order valence-electron chi connectivity index (χ2n) is 5.43. The molecule has 0 unspecified atom stereocenters. The molecule has 0 N–H and O–H groups in total. The topological polar surface area (TPSA) is 21.7 Å². The van der Waals surface area contributed by atoms with E-state index in [0.717, 1.165) is 30.9 Å². The van der Waals surface area contributed by atoms with Gasteiger partial charge in [-0.15, -0.1) is 0 Å². The maximum Gasteiger partial charge on any atom is 0.162 e. The van der Waals surface area contributed by atoms with Crippen molar-refractivity contribution in [3.63, 3.8) is 0 Å². The summed E-state index contributed by atoms with van der Waals surface area (Å²) in [7, 11) is 3.37. The molecule has 110 valence electrons. The zero-order valence-electron chi connectivity index (χ0n) is 12.8. The number of nitrogens with zero attached hydrogens (tertiary/aromatic N) is 1. The van der Waals surface area contributed by atoms with E-state index in [0.29, 0.717) is 0 Å². The van der Waals surface area contributed by atoms with E-state index in [2.05, 4.69) is 48.2 Å². The van der Waals surface area contributed by atoms with Crippen molar-refractivity contribution in [3.8, 4) is 11.5 Å². The van der Waals surface area contributed by atoms with Crippen LogP contribution in [0, 0.1) is 6.92 Å². The molecule has 0 spiro atoms. The Morgan fingerprint density at radius 2 is 1.62 bits per heavy atom. The Morgan fingerprint density at radius 3 is 2.29 bits per heavy atom. The number of ether oxygens (including phenoxy) is 2. The monoisotopic (exact) mass is 283 g/mol. The fourth-order valence-electron chi connectivity index (χ4n) is 2.90. The first-order valence-electron chi connectivity index (χ1n) is 7.32. The summed E-state index contributed by atoms with van der Waals surface area (Å²) < 4.78 is 10.9. The minimum absolute atomic E-state index is 0.787. The highest BCUT2D eigenvalue weighted by atomic mass is 16.5. The molecule has 2 aromatic rings. The van der Waals surface area contributed by atoms with Crippen molar-refractivity contribution in [1.29, 1.82) is 0 Å². The highest BCUT2D eigenvalue weighted by Gasteiger charge is 2.21. The summed E-state index contributed by atoms with van der Waals surface area (Å²) in [6.07, 6.45) is 2.23. The molecule has 0 radical (unpaired) electrons. The smallest absolute Gasteiger partial charge is 0.162 e. The largest absolute Gasteiger partial charge is 0.493 e. The predicted molar refractivity (Wildman–Crippen MR) is 86.1 cm³/mol. The summed E-state index contributed by atoms with van der Waals surface area (Å²) in [6.45, 7) is 3.15. The molecule has 1 heterocycles. The van der Waals surface area contributed by atoms with Crippen LogP contribution in [0.3, 0.4) is 0 Å². The minimum atomic E-state index is 0.787. The Bertz CT molecular complexity index is 634. The van der Waals surface area contributed by atoms with Gasteiger partial charge in [-0.2, -0.15) is 0 Å². The van der Waals surface area contributed by atoms with Gasteiger partial charge in [-0.1, -0.05) is 17.7 Å². The summed E-state index contributed by atoms with van der Waals surface area (Å²) >= 11 is 0. The van der Waals surface area contributed by atoms with Gasteiger partial charge in [0.15, 0.2) is 11.5 Å². The average molecular weight is 283 g/mol. The molecular weight excluding hydrogens is 262 g/mol. The Balaban J connectivity index is 2.06. The molecule has 0 fully saturated rings. The maximum atomic E-state index is 5.45. The fourth-order valence-corrected chi connectivity index (χ4v) is 2.90. The van der Waals surface area contributed by atoms with Gasteiger partial charge in [-0.25, -0.2) is 0 Å². The van der Waals surface area contributed by atoms with Crippen LogP contribution in [-0.4, -0.2) is 20.8 Å². The molecule has 3 nitrogen and oxygen atoms in total. The van der Waals surface area contributed by atoms with E-state index in [-0.39, 0.29) is 0 Å². The van der Waals surface area contributed by atoms with Crippen LogP contribution in [-0.2, 0) is 6.42 Å². The number of hydrogen-bond donors (Lipinski definition) is 0. The van der Waals surface area contributed by atoms with Crippen LogP contribution in [0.25, 0.3) is 0 Å². The maximum absolute atomic E-state index is 5.45. The number of methoxy groups -OCH3 is 2. The third kappa shape index (κ3) is 2.56. The van der Waals surface area contributed by atoms with Crippen molar-refractivity contribution in [2.75, 3.05) is 25.7 Å². The van der Waals surface area contributed by atoms with Crippen molar-refractivity contribution in [2.24, 2.45) is 0 Å². The van der Waals surface area contributed by atoms with Gasteiger partial charge in [-0.3, -0.25) is 0 Å². The van der Waals surface area contributed by atoms with E-state index in [1.165, 1.54) is 22.5 Å². The van der Waals surface area contributed by atoms with Crippen molar-refractivity contribution in [1.82, 2.24) is 0 Å². The molecule has 0 bridgehead atoms. The molecule has 21 heavy (non-hydrogen) atoms. The minimum Gasteiger partial charge on any atom is -0.493 e. The first-order valence-corrected chi connectivity index (χ1v) is 7.32. The summed E-state index contributed by atoms with van der Waals surface area (Å²) in [5.41, 5.74) is 5.05. The first-order chi connectivity index (χ1) is 10.2. The molecule has 1 aliphatic rings. The number of benzene rings is 2. The van der Waals surface area contributed by atoms with Gasteiger partial charge < -0.3 is 14.4 Å². The molecule has 0 atom stereocenters. The van der Waals surface area contributed by atoms with E-state index >= 15 is 0 Å². The zero-order chi connectivity index (χ0) is 14.8. The molecule has 0 aliphatic carbocycles. The van der Waals surface area contributed by atoms with Crippen LogP contribution in [0.1, 0.15) is 17.5 Å². The zero-order valence-corrected chi connectivity index (χ0v) is 12.8. The summed E-state index contributed by atoms with van der Waals surface area (Å²) in [5, 5.41) is 0. The predicted octanol–water partition coefficient (Wildman–Crippen LogP) is 4.10. The second kappa shape index (κ2) is 5.68. The van der Waals surface area contributed by atoms with E-state index < -0.39 is 0 Å². The van der Waals surface area contributed by atoms with Crippen LogP contribution in [0.2, 0.25) is 0 Å². The van der Waals surface area contributed by atoms with Gasteiger partial charge >= 0.3 is 0 Å². The number of rotatable bonds is 3. The third-order valence-corrected chi connectivity index (χ3v) is 4.05. The fraction of sp³-hybridized carbons (Fsp3) is 0.333. The van der Waals surface area contributed by atoms with Gasteiger partial charge in [0.1, 0.15) is 0 Å². The highest BCUT2D eigenvalue weighted by Crippen LogP contribution is 2.40. The van der Waals surface area contributed by atoms with Gasteiger partial charge in [0.2, 0.25) is 0 Å². The van der Waals surface area contributed by atoms with Crippen LogP contribution >= 0.6 is 0 Å². The van der Waals surface area contributed by atoms with Crippen LogP contribution in [0.15, 0.2) is 36.4 Å². The van der Waals surface area contributed by atoms with Crippen LogP contribution in [0.5, 0.6) is 11.5 Å². The van der Waals surface area contributed by atoms with E-state index in [1.807, 2.05) is 0 Å². The number of fused-ring (bicyclic) bond motifs is 1. The van der Waals surface area contributed by atoms with Crippen molar-refractivity contribution in [3.05, 3.63) is 47.5 Å². The lowest BCUT2D eigenvalue weighted by Gasteiger charge is -2.32. The first kappa shape index (κ1) is 13.8. The van der Waals surface area contributed by atoms with Gasteiger partial charge in [-0.05, 0) is 43.5 Å².